The third kappa shape index (κ3) is 5.42. The lowest BCUT2D eigenvalue weighted by molar-refractivity contribution is -0.123. The Morgan fingerprint density at radius 1 is 1.18 bits per heavy atom. The Bertz CT molecular complexity index is 580. The number of nitrogens with one attached hydrogen (secondary N) is 2. The maximum absolute atomic E-state index is 12.4. The molecule has 0 saturated heterocycles. The fourth-order valence-electron chi connectivity index (χ4n) is 1.94. The highest BCUT2D eigenvalue weighted by atomic mass is 32.2. The third-order valence-electron chi connectivity index (χ3n) is 3.39. The van der Waals surface area contributed by atoms with Gasteiger partial charge in [0, 0.05) is 6.54 Å². The summed E-state index contributed by atoms with van der Waals surface area (Å²) in [5.74, 6) is -0.416. The van der Waals surface area contributed by atoms with Gasteiger partial charge in [0.1, 0.15) is 6.04 Å². The second-order valence-electron chi connectivity index (χ2n) is 5.80. The number of rotatable bonds is 8. The van der Waals surface area contributed by atoms with E-state index in [0.29, 0.717) is 6.54 Å². The van der Waals surface area contributed by atoms with E-state index in [1.807, 2.05) is 27.7 Å². The van der Waals surface area contributed by atoms with Crippen molar-refractivity contribution in [2.45, 2.75) is 51.5 Å². The van der Waals surface area contributed by atoms with Gasteiger partial charge in [-0.15, -0.1) is 0 Å². The van der Waals surface area contributed by atoms with Crippen LogP contribution in [0, 0.1) is 12.8 Å². The Hall–Kier alpha value is -1.40. The summed E-state index contributed by atoms with van der Waals surface area (Å²) in [6.07, 6.45) is 1.85. The summed E-state index contributed by atoms with van der Waals surface area (Å²) in [5, 5.41) is 2.78. The highest BCUT2D eigenvalue weighted by molar-refractivity contribution is 7.89. The second kappa shape index (κ2) is 8.29. The Morgan fingerprint density at radius 3 is 2.27 bits per heavy atom. The minimum atomic E-state index is -3.71. The van der Waals surface area contributed by atoms with Gasteiger partial charge in [0.15, 0.2) is 0 Å². The van der Waals surface area contributed by atoms with E-state index in [0.717, 1.165) is 18.4 Å². The number of unbranched alkanes of at least 4 members (excludes halogenated alkanes) is 1. The van der Waals surface area contributed by atoms with Crippen molar-refractivity contribution < 1.29 is 13.2 Å². The standard InChI is InChI=1S/C16H26N2O3S/c1-5-6-11-17-16(19)15(12(2)3)18-22(20,21)14-9-7-13(4)8-10-14/h7-10,12,15,18H,5-6,11H2,1-4H3,(H,17,19)/t15-/m0/s1. The number of hydrogen-bond donors (Lipinski definition) is 2. The Morgan fingerprint density at radius 2 is 1.77 bits per heavy atom. The molecule has 124 valence electrons. The van der Waals surface area contributed by atoms with Crippen molar-refractivity contribution in [3.8, 4) is 0 Å². The van der Waals surface area contributed by atoms with Crippen LogP contribution in [0.25, 0.3) is 0 Å². The van der Waals surface area contributed by atoms with Crippen LogP contribution in [0.15, 0.2) is 29.2 Å². The molecule has 0 bridgehead atoms. The lowest BCUT2D eigenvalue weighted by atomic mass is 10.1. The van der Waals surface area contributed by atoms with Gasteiger partial charge in [-0.1, -0.05) is 44.9 Å². The van der Waals surface area contributed by atoms with Crippen LogP contribution in [-0.4, -0.2) is 26.9 Å². The fourth-order valence-corrected chi connectivity index (χ4v) is 3.29. The van der Waals surface area contributed by atoms with E-state index in [2.05, 4.69) is 10.0 Å². The lowest BCUT2D eigenvalue weighted by Crippen LogP contribution is -2.49. The maximum Gasteiger partial charge on any atom is 0.241 e. The van der Waals surface area contributed by atoms with E-state index in [1.54, 1.807) is 24.3 Å². The quantitative estimate of drug-likeness (QED) is 0.719. The maximum atomic E-state index is 12.4. The summed E-state index contributed by atoms with van der Waals surface area (Å²) < 4.78 is 27.3. The van der Waals surface area contributed by atoms with Crippen LogP contribution in [0.2, 0.25) is 0 Å². The van der Waals surface area contributed by atoms with Crippen LogP contribution in [0.3, 0.4) is 0 Å². The first-order valence-electron chi connectivity index (χ1n) is 7.64. The molecule has 0 aliphatic rings. The molecule has 0 aromatic heterocycles. The summed E-state index contributed by atoms with van der Waals surface area (Å²) in [6.45, 7) is 8.13. The number of carbonyl (C=O) groups excluding carboxylic acids is 1. The van der Waals surface area contributed by atoms with Crippen molar-refractivity contribution in [2.24, 2.45) is 5.92 Å². The average molecular weight is 326 g/mol. The van der Waals surface area contributed by atoms with Gasteiger partial charge in [0.2, 0.25) is 15.9 Å². The minimum absolute atomic E-state index is 0.137. The van der Waals surface area contributed by atoms with E-state index in [4.69, 9.17) is 0 Å². The van der Waals surface area contributed by atoms with Crippen LogP contribution in [0.1, 0.15) is 39.2 Å². The van der Waals surface area contributed by atoms with Crippen LogP contribution < -0.4 is 10.0 Å². The Labute approximate surface area is 133 Å². The zero-order valence-corrected chi connectivity index (χ0v) is 14.5. The number of benzene rings is 1. The number of sulfonamides is 1. The first-order valence-corrected chi connectivity index (χ1v) is 9.13. The summed E-state index contributed by atoms with van der Waals surface area (Å²) in [4.78, 5) is 12.4. The summed E-state index contributed by atoms with van der Waals surface area (Å²) >= 11 is 0. The molecule has 0 unspecified atom stereocenters. The molecule has 0 radical (unpaired) electrons. The third-order valence-corrected chi connectivity index (χ3v) is 4.85. The molecule has 6 heteroatoms. The first-order chi connectivity index (χ1) is 10.3. The van der Waals surface area contributed by atoms with Gasteiger partial charge in [0.05, 0.1) is 4.90 Å². The predicted octanol–water partition coefficient (Wildman–Crippen LogP) is 2.21. The van der Waals surface area contributed by atoms with Gasteiger partial charge in [-0.3, -0.25) is 4.79 Å². The van der Waals surface area contributed by atoms with Gasteiger partial charge in [-0.2, -0.15) is 4.72 Å². The van der Waals surface area contributed by atoms with Gasteiger partial charge < -0.3 is 5.32 Å². The van der Waals surface area contributed by atoms with Gasteiger partial charge in [0.25, 0.3) is 0 Å². The summed E-state index contributed by atoms with van der Waals surface area (Å²) in [5.41, 5.74) is 0.983. The summed E-state index contributed by atoms with van der Waals surface area (Å²) in [7, 11) is -3.71. The molecule has 0 heterocycles. The zero-order valence-electron chi connectivity index (χ0n) is 13.7. The van der Waals surface area contributed by atoms with Gasteiger partial charge >= 0.3 is 0 Å². The number of hydrogen-bond acceptors (Lipinski definition) is 3. The molecule has 1 aromatic carbocycles. The molecule has 2 N–H and O–H groups in total. The molecule has 1 aromatic rings. The molecule has 0 fully saturated rings. The number of amides is 1. The number of aryl methyl sites for hydroxylation is 1. The zero-order chi connectivity index (χ0) is 16.8. The Balaban J connectivity index is 2.85. The first kappa shape index (κ1) is 18.6. The van der Waals surface area contributed by atoms with Crippen LogP contribution >= 0.6 is 0 Å². The highest BCUT2D eigenvalue weighted by Crippen LogP contribution is 2.13. The SMILES string of the molecule is CCCCNC(=O)[C@@H](NS(=O)(=O)c1ccc(C)cc1)C(C)C. The molecule has 22 heavy (non-hydrogen) atoms. The van der Waals surface area contributed by atoms with Crippen LogP contribution in [0.4, 0.5) is 0 Å². The number of carbonyl (C=O) groups is 1. The van der Waals surface area contributed by atoms with Crippen LogP contribution in [0.5, 0.6) is 0 Å². The average Bonchev–Trinajstić information content (AvgIpc) is 2.45. The largest absolute Gasteiger partial charge is 0.355 e. The van der Waals surface area contributed by atoms with Gasteiger partial charge in [-0.25, -0.2) is 8.42 Å². The van der Waals surface area contributed by atoms with Crippen molar-refractivity contribution >= 4 is 15.9 Å². The molecular weight excluding hydrogens is 300 g/mol. The van der Waals surface area contributed by atoms with Gasteiger partial charge in [-0.05, 0) is 31.4 Å². The van der Waals surface area contributed by atoms with Crippen molar-refractivity contribution in [3.05, 3.63) is 29.8 Å². The van der Waals surface area contributed by atoms with E-state index in [9.17, 15) is 13.2 Å². The molecule has 1 amide bonds. The smallest absolute Gasteiger partial charge is 0.241 e. The van der Waals surface area contributed by atoms with E-state index >= 15 is 0 Å². The van der Waals surface area contributed by atoms with Crippen LogP contribution in [-0.2, 0) is 14.8 Å². The minimum Gasteiger partial charge on any atom is -0.355 e. The predicted molar refractivity (Wildman–Crippen MR) is 88.0 cm³/mol. The lowest BCUT2D eigenvalue weighted by Gasteiger charge is -2.21. The molecule has 0 aliphatic heterocycles. The molecular formula is C16H26N2O3S. The molecule has 5 nitrogen and oxygen atoms in total. The van der Waals surface area contributed by atoms with Crippen molar-refractivity contribution in [1.82, 2.24) is 10.0 Å². The molecule has 1 rings (SSSR count). The van der Waals surface area contributed by atoms with E-state index in [1.165, 1.54) is 0 Å². The van der Waals surface area contributed by atoms with Crippen molar-refractivity contribution in [3.63, 3.8) is 0 Å². The Kier molecular flexibility index (Phi) is 7.03. The van der Waals surface area contributed by atoms with Crippen molar-refractivity contribution in [1.29, 1.82) is 0 Å². The molecule has 0 saturated carbocycles. The highest BCUT2D eigenvalue weighted by Gasteiger charge is 2.27. The second-order valence-corrected chi connectivity index (χ2v) is 7.51. The van der Waals surface area contributed by atoms with E-state index < -0.39 is 16.1 Å². The molecule has 0 spiro atoms. The van der Waals surface area contributed by atoms with E-state index in [-0.39, 0.29) is 16.7 Å². The normalized spacial score (nSPS) is 13.1. The van der Waals surface area contributed by atoms with Crippen molar-refractivity contribution in [2.75, 3.05) is 6.54 Å². The summed E-state index contributed by atoms with van der Waals surface area (Å²) in [6, 6.07) is 5.79. The fraction of sp³-hybridized carbons (Fsp3) is 0.562. The monoisotopic (exact) mass is 326 g/mol. The molecule has 0 aliphatic carbocycles. The molecule has 1 atom stereocenters. The topological polar surface area (TPSA) is 75.3 Å².